The smallest absolute Gasteiger partial charge is 0.272 e. The number of amides is 1. The number of rotatable bonds is 5. The first-order valence-electron chi connectivity index (χ1n) is 7.43. The second-order valence-corrected chi connectivity index (χ2v) is 5.56. The molecule has 112 valence electrons. The van der Waals surface area contributed by atoms with Crippen molar-refractivity contribution in [1.29, 1.82) is 0 Å². The first-order chi connectivity index (χ1) is 10.1. The molecule has 21 heavy (non-hydrogen) atoms. The topological polar surface area (TPSA) is 45.2 Å². The Bertz CT molecular complexity index is 637. The molecule has 0 saturated heterocycles. The van der Waals surface area contributed by atoms with Gasteiger partial charge in [-0.25, -0.2) is 4.98 Å². The Hall–Kier alpha value is -2.10. The lowest BCUT2D eigenvalue weighted by molar-refractivity contribution is 0.0740. The summed E-state index contributed by atoms with van der Waals surface area (Å²) < 4.78 is 0. The number of aromatic nitrogens is 1. The summed E-state index contributed by atoms with van der Waals surface area (Å²) in [5, 5.41) is 5.14. The molecule has 0 aliphatic heterocycles. The van der Waals surface area contributed by atoms with Gasteiger partial charge in [-0.1, -0.05) is 38.1 Å². The van der Waals surface area contributed by atoms with Crippen LogP contribution in [0.2, 0.25) is 0 Å². The highest BCUT2D eigenvalue weighted by Crippen LogP contribution is 2.22. The standard InChI is InChI=1S/C17H23N3O/c1-5-20(11-12(2)3)17(21)15-10-13-8-6-7-9-14(13)16(18-4)19-15/h6-10,12H,5,11H2,1-4H3,(H,18,19). The number of fused-ring (bicyclic) bond motifs is 1. The van der Waals surface area contributed by atoms with Gasteiger partial charge < -0.3 is 10.2 Å². The van der Waals surface area contributed by atoms with Crippen molar-refractivity contribution in [3.8, 4) is 0 Å². The molecule has 1 amide bonds. The molecule has 1 heterocycles. The van der Waals surface area contributed by atoms with Crippen LogP contribution in [0.1, 0.15) is 31.3 Å². The van der Waals surface area contributed by atoms with Crippen LogP contribution in [0, 0.1) is 5.92 Å². The Kier molecular flexibility index (Phi) is 4.78. The maximum Gasteiger partial charge on any atom is 0.272 e. The molecule has 4 nitrogen and oxygen atoms in total. The predicted octanol–water partition coefficient (Wildman–Crippen LogP) is 3.39. The van der Waals surface area contributed by atoms with E-state index in [1.165, 1.54) is 0 Å². The lowest BCUT2D eigenvalue weighted by atomic mass is 10.1. The third-order valence-electron chi connectivity index (χ3n) is 3.45. The van der Waals surface area contributed by atoms with Crippen LogP contribution >= 0.6 is 0 Å². The van der Waals surface area contributed by atoms with Gasteiger partial charge in [0.05, 0.1) is 0 Å². The highest BCUT2D eigenvalue weighted by atomic mass is 16.2. The van der Waals surface area contributed by atoms with Crippen molar-refractivity contribution in [3.05, 3.63) is 36.0 Å². The van der Waals surface area contributed by atoms with Crippen LogP contribution in [0.4, 0.5) is 5.82 Å². The molecular formula is C17H23N3O. The molecule has 1 N–H and O–H groups in total. The number of hydrogen-bond donors (Lipinski definition) is 1. The van der Waals surface area contributed by atoms with Crippen LogP contribution in [0.25, 0.3) is 10.8 Å². The number of benzene rings is 1. The predicted molar refractivity (Wildman–Crippen MR) is 87.7 cm³/mol. The number of carbonyl (C=O) groups is 1. The van der Waals surface area contributed by atoms with Crippen molar-refractivity contribution in [3.63, 3.8) is 0 Å². The zero-order chi connectivity index (χ0) is 15.4. The summed E-state index contributed by atoms with van der Waals surface area (Å²) in [6, 6.07) is 9.84. The van der Waals surface area contributed by atoms with E-state index in [1.54, 1.807) is 0 Å². The zero-order valence-corrected chi connectivity index (χ0v) is 13.2. The van der Waals surface area contributed by atoms with Crippen LogP contribution in [0.3, 0.4) is 0 Å². The Balaban J connectivity index is 2.43. The third-order valence-corrected chi connectivity index (χ3v) is 3.45. The van der Waals surface area contributed by atoms with E-state index in [2.05, 4.69) is 24.1 Å². The molecule has 0 unspecified atom stereocenters. The van der Waals surface area contributed by atoms with E-state index in [0.29, 0.717) is 18.2 Å². The van der Waals surface area contributed by atoms with Gasteiger partial charge in [0, 0.05) is 25.5 Å². The SMILES string of the molecule is CCN(CC(C)C)C(=O)c1cc2ccccc2c(NC)n1. The Morgan fingerprint density at radius 1 is 1.33 bits per heavy atom. The minimum Gasteiger partial charge on any atom is -0.373 e. The van der Waals surface area contributed by atoms with Gasteiger partial charge in [-0.05, 0) is 24.3 Å². The fourth-order valence-corrected chi connectivity index (χ4v) is 2.46. The van der Waals surface area contributed by atoms with Gasteiger partial charge in [-0.3, -0.25) is 4.79 Å². The highest BCUT2D eigenvalue weighted by Gasteiger charge is 2.18. The first-order valence-corrected chi connectivity index (χ1v) is 7.43. The van der Waals surface area contributed by atoms with Crippen LogP contribution in [-0.2, 0) is 0 Å². The summed E-state index contributed by atoms with van der Waals surface area (Å²) in [5.74, 6) is 1.18. The summed E-state index contributed by atoms with van der Waals surface area (Å²) in [6.45, 7) is 7.67. The average molecular weight is 285 g/mol. The van der Waals surface area contributed by atoms with Crippen molar-refractivity contribution in [2.45, 2.75) is 20.8 Å². The molecule has 0 aliphatic rings. The monoisotopic (exact) mass is 285 g/mol. The van der Waals surface area contributed by atoms with Crippen LogP contribution in [0.15, 0.2) is 30.3 Å². The van der Waals surface area contributed by atoms with Gasteiger partial charge in [0.1, 0.15) is 11.5 Å². The van der Waals surface area contributed by atoms with Crippen molar-refractivity contribution in [1.82, 2.24) is 9.88 Å². The van der Waals surface area contributed by atoms with Gasteiger partial charge in [-0.15, -0.1) is 0 Å². The van der Waals surface area contributed by atoms with Crippen molar-refractivity contribution in [2.75, 3.05) is 25.5 Å². The number of hydrogen-bond acceptors (Lipinski definition) is 3. The summed E-state index contributed by atoms with van der Waals surface area (Å²) in [5.41, 5.74) is 0.501. The van der Waals surface area contributed by atoms with Crippen LogP contribution in [0.5, 0.6) is 0 Å². The fraction of sp³-hybridized carbons (Fsp3) is 0.412. The molecule has 0 bridgehead atoms. The van der Waals surface area contributed by atoms with E-state index in [-0.39, 0.29) is 5.91 Å². The second kappa shape index (κ2) is 6.57. The molecule has 0 radical (unpaired) electrons. The molecule has 1 aromatic heterocycles. The second-order valence-electron chi connectivity index (χ2n) is 5.56. The maximum atomic E-state index is 12.7. The van der Waals surface area contributed by atoms with E-state index in [1.807, 2.05) is 49.2 Å². The van der Waals surface area contributed by atoms with E-state index in [0.717, 1.165) is 23.1 Å². The summed E-state index contributed by atoms with van der Waals surface area (Å²) in [7, 11) is 1.83. The number of anilines is 1. The van der Waals surface area contributed by atoms with E-state index in [4.69, 9.17) is 0 Å². The average Bonchev–Trinajstić information content (AvgIpc) is 2.50. The van der Waals surface area contributed by atoms with E-state index >= 15 is 0 Å². The van der Waals surface area contributed by atoms with Gasteiger partial charge in [0.2, 0.25) is 0 Å². The lowest BCUT2D eigenvalue weighted by Gasteiger charge is -2.23. The Labute approximate surface area is 126 Å². The maximum absolute atomic E-state index is 12.7. The quantitative estimate of drug-likeness (QED) is 0.916. The van der Waals surface area contributed by atoms with Crippen molar-refractivity contribution in [2.24, 2.45) is 5.92 Å². The molecule has 0 fully saturated rings. The lowest BCUT2D eigenvalue weighted by Crippen LogP contribution is -2.34. The third kappa shape index (κ3) is 3.32. The molecule has 0 saturated carbocycles. The van der Waals surface area contributed by atoms with Gasteiger partial charge in [-0.2, -0.15) is 0 Å². The van der Waals surface area contributed by atoms with Crippen LogP contribution < -0.4 is 5.32 Å². The van der Waals surface area contributed by atoms with Gasteiger partial charge >= 0.3 is 0 Å². The van der Waals surface area contributed by atoms with Crippen molar-refractivity contribution >= 4 is 22.5 Å². The minimum atomic E-state index is -0.00606. The molecule has 0 atom stereocenters. The highest BCUT2D eigenvalue weighted by molar-refractivity contribution is 6.00. The number of carbonyl (C=O) groups excluding carboxylic acids is 1. The Morgan fingerprint density at radius 3 is 2.67 bits per heavy atom. The van der Waals surface area contributed by atoms with Crippen molar-refractivity contribution < 1.29 is 4.79 Å². The molecular weight excluding hydrogens is 262 g/mol. The zero-order valence-electron chi connectivity index (χ0n) is 13.2. The largest absolute Gasteiger partial charge is 0.373 e. The normalized spacial score (nSPS) is 10.9. The molecule has 0 spiro atoms. The van der Waals surface area contributed by atoms with Gasteiger partial charge in [0.15, 0.2) is 0 Å². The minimum absolute atomic E-state index is 0.00606. The number of nitrogens with zero attached hydrogens (tertiary/aromatic N) is 2. The summed E-state index contributed by atoms with van der Waals surface area (Å²) >= 11 is 0. The fourth-order valence-electron chi connectivity index (χ4n) is 2.46. The van der Waals surface area contributed by atoms with Gasteiger partial charge in [0.25, 0.3) is 5.91 Å². The summed E-state index contributed by atoms with van der Waals surface area (Å²) in [4.78, 5) is 19.0. The number of pyridine rings is 1. The van der Waals surface area contributed by atoms with E-state index < -0.39 is 0 Å². The molecule has 4 heteroatoms. The molecule has 0 aliphatic carbocycles. The number of nitrogens with one attached hydrogen (secondary N) is 1. The van der Waals surface area contributed by atoms with Crippen LogP contribution in [-0.4, -0.2) is 35.9 Å². The summed E-state index contributed by atoms with van der Waals surface area (Å²) in [6.07, 6.45) is 0. The van der Waals surface area contributed by atoms with E-state index in [9.17, 15) is 4.79 Å². The first kappa shape index (κ1) is 15.3. The molecule has 1 aromatic carbocycles. The molecule has 2 aromatic rings. The molecule has 2 rings (SSSR count). The Morgan fingerprint density at radius 2 is 2.05 bits per heavy atom.